The van der Waals surface area contributed by atoms with Crippen molar-refractivity contribution in [2.24, 2.45) is 0 Å². The lowest BCUT2D eigenvalue weighted by atomic mass is 10.1. The van der Waals surface area contributed by atoms with Crippen molar-refractivity contribution in [3.8, 4) is 11.3 Å². The molecule has 0 radical (unpaired) electrons. The van der Waals surface area contributed by atoms with Gasteiger partial charge in [0.25, 0.3) is 0 Å². The van der Waals surface area contributed by atoms with Gasteiger partial charge in [0.05, 0.1) is 5.69 Å². The molecule has 0 atom stereocenters. The molecule has 0 amide bonds. The van der Waals surface area contributed by atoms with E-state index < -0.39 is 0 Å². The molecule has 0 aliphatic rings. The van der Waals surface area contributed by atoms with Gasteiger partial charge in [0.15, 0.2) is 0 Å². The van der Waals surface area contributed by atoms with E-state index in [4.69, 9.17) is 0 Å². The minimum atomic E-state index is -0.315. The highest BCUT2D eigenvalue weighted by atomic mass is 19.1. The van der Waals surface area contributed by atoms with Gasteiger partial charge in [-0.15, -0.1) is 0 Å². The molecular weight excluding hydrogens is 233 g/mol. The Balaban J connectivity index is 2.22. The second kappa shape index (κ2) is 3.80. The predicted octanol–water partition coefficient (Wildman–Crippen LogP) is 2.14. The number of imidazole rings is 1. The lowest BCUT2D eigenvalue weighted by Crippen LogP contribution is -2.05. The highest BCUT2D eigenvalue weighted by molar-refractivity contribution is 5.64. The van der Waals surface area contributed by atoms with Crippen LogP contribution in [0, 0.1) is 12.7 Å². The molecule has 4 nitrogen and oxygen atoms in total. The molecule has 3 rings (SSSR count). The highest BCUT2D eigenvalue weighted by Gasteiger charge is 2.07. The molecule has 90 valence electrons. The van der Waals surface area contributed by atoms with E-state index in [9.17, 15) is 9.18 Å². The molecule has 3 aromatic heterocycles. The maximum absolute atomic E-state index is 13.1. The smallest absolute Gasteiger partial charge is 0.248 e. The van der Waals surface area contributed by atoms with Crippen LogP contribution >= 0.6 is 0 Å². The van der Waals surface area contributed by atoms with Gasteiger partial charge in [0, 0.05) is 29.7 Å². The summed E-state index contributed by atoms with van der Waals surface area (Å²) >= 11 is 0. The van der Waals surface area contributed by atoms with Crippen molar-refractivity contribution in [3.05, 3.63) is 58.5 Å². The number of aromatic amines is 1. The molecule has 0 aliphatic carbocycles. The van der Waals surface area contributed by atoms with E-state index in [1.807, 2.05) is 0 Å². The Morgan fingerprint density at radius 2 is 2.06 bits per heavy atom. The minimum Gasteiger partial charge on any atom is -0.326 e. The van der Waals surface area contributed by atoms with Crippen molar-refractivity contribution < 1.29 is 4.39 Å². The zero-order valence-corrected chi connectivity index (χ0v) is 9.64. The number of pyridine rings is 2. The fraction of sp³-hybridized carbons (Fsp3) is 0.0769. The van der Waals surface area contributed by atoms with Crippen LogP contribution in [0.15, 0.2) is 41.5 Å². The van der Waals surface area contributed by atoms with Gasteiger partial charge in [-0.2, -0.15) is 0 Å². The van der Waals surface area contributed by atoms with Crippen LogP contribution in [-0.4, -0.2) is 14.4 Å². The normalized spacial score (nSPS) is 11.0. The average Bonchev–Trinajstić information content (AvgIpc) is 2.71. The second-order valence-corrected chi connectivity index (χ2v) is 4.10. The Morgan fingerprint density at radius 1 is 1.22 bits per heavy atom. The Labute approximate surface area is 102 Å². The maximum atomic E-state index is 13.1. The number of aromatic nitrogens is 3. The lowest BCUT2D eigenvalue weighted by molar-refractivity contribution is 0.619. The quantitative estimate of drug-likeness (QED) is 0.711. The van der Waals surface area contributed by atoms with Crippen LogP contribution in [0.5, 0.6) is 0 Å². The summed E-state index contributed by atoms with van der Waals surface area (Å²) < 4.78 is 14.7. The number of aryl methyl sites for hydroxylation is 1. The van der Waals surface area contributed by atoms with Crippen molar-refractivity contribution in [2.75, 3.05) is 0 Å². The van der Waals surface area contributed by atoms with Crippen LogP contribution in [-0.2, 0) is 0 Å². The molecule has 0 aromatic carbocycles. The van der Waals surface area contributed by atoms with Gasteiger partial charge in [0.2, 0.25) is 5.56 Å². The van der Waals surface area contributed by atoms with Crippen LogP contribution in [0.4, 0.5) is 4.39 Å². The van der Waals surface area contributed by atoms with Crippen LogP contribution in [0.1, 0.15) is 5.69 Å². The number of fused-ring (bicyclic) bond motifs is 1. The highest BCUT2D eigenvalue weighted by Crippen LogP contribution is 2.20. The summed E-state index contributed by atoms with van der Waals surface area (Å²) in [6.07, 6.45) is 3.10. The number of rotatable bonds is 1. The summed E-state index contributed by atoms with van der Waals surface area (Å²) in [6.45, 7) is 1.81. The Kier molecular flexibility index (Phi) is 2.26. The third-order valence-corrected chi connectivity index (χ3v) is 2.81. The molecule has 3 heterocycles. The fourth-order valence-corrected chi connectivity index (χ4v) is 1.95. The van der Waals surface area contributed by atoms with Crippen LogP contribution < -0.4 is 5.56 Å². The monoisotopic (exact) mass is 243 g/mol. The van der Waals surface area contributed by atoms with Crippen LogP contribution in [0.2, 0.25) is 0 Å². The first kappa shape index (κ1) is 10.7. The second-order valence-electron chi connectivity index (χ2n) is 4.10. The van der Waals surface area contributed by atoms with E-state index in [0.717, 1.165) is 11.3 Å². The van der Waals surface area contributed by atoms with Gasteiger partial charge in [-0.3, -0.25) is 4.79 Å². The summed E-state index contributed by atoms with van der Waals surface area (Å²) in [7, 11) is 0. The van der Waals surface area contributed by atoms with E-state index in [0.29, 0.717) is 11.3 Å². The van der Waals surface area contributed by atoms with Gasteiger partial charge in [-0.1, -0.05) is 0 Å². The van der Waals surface area contributed by atoms with E-state index in [-0.39, 0.29) is 11.4 Å². The molecule has 18 heavy (non-hydrogen) atoms. The Bertz CT molecular complexity index is 788. The number of nitrogens with one attached hydrogen (secondary N) is 1. The molecule has 0 saturated heterocycles. The van der Waals surface area contributed by atoms with E-state index in [1.54, 1.807) is 29.7 Å². The van der Waals surface area contributed by atoms with Crippen molar-refractivity contribution in [1.29, 1.82) is 0 Å². The summed E-state index contributed by atoms with van der Waals surface area (Å²) in [5.41, 5.74) is 2.79. The third kappa shape index (κ3) is 1.69. The largest absolute Gasteiger partial charge is 0.326 e. The molecule has 0 unspecified atom stereocenters. The average molecular weight is 243 g/mol. The van der Waals surface area contributed by atoms with Crippen molar-refractivity contribution in [3.63, 3.8) is 0 Å². The summed E-state index contributed by atoms with van der Waals surface area (Å²) in [5.74, 6) is -0.315. The van der Waals surface area contributed by atoms with Gasteiger partial charge in [-0.05, 0) is 25.1 Å². The number of hydrogen-bond donors (Lipinski definition) is 1. The number of halogens is 1. The zero-order chi connectivity index (χ0) is 12.7. The number of hydrogen-bond acceptors (Lipinski definition) is 2. The number of H-pyrrole nitrogens is 1. The Morgan fingerprint density at radius 3 is 2.83 bits per heavy atom. The van der Waals surface area contributed by atoms with Gasteiger partial charge in [0.1, 0.15) is 11.5 Å². The van der Waals surface area contributed by atoms with Gasteiger partial charge >= 0.3 is 0 Å². The molecule has 1 N–H and O–H groups in total. The summed E-state index contributed by atoms with van der Waals surface area (Å²) in [6, 6.07) is 6.14. The Hall–Kier alpha value is -2.43. The topological polar surface area (TPSA) is 50.2 Å². The predicted molar refractivity (Wildman–Crippen MR) is 65.9 cm³/mol. The molecule has 0 bridgehead atoms. The zero-order valence-electron chi connectivity index (χ0n) is 9.64. The van der Waals surface area contributed by atoms with Crippen LogP contribution in [0.3, 0.4) is 0 Å². The SMILES string of the molecule is Cc1[nH]c(=O)ccc1-c1cn2cc(F)ccc2n1. The lowest BCUT2D eigenvalue weighted by Gasteiger charge is -1.99. The van der Waals surface area contributed by atoms with Gasteiger partial charge < -0.3 is 9.38 Å². The first-order chi connectivity index (χ1) is 8.63. The molecule has 0 fully saturated rings. The summed E-state index contributed by atoms with van der Waals surface area (Å²) in [5, 5.41) is 0. The number of nitrogens with zero attached hydrogens (tertiary/aromatic N) is 2. The van der Waals surface area contributed by atoms with Crippen molar-refractivity contribution in [1.82, 2.24) is 14.4 Å². The maximum Gasteiger partial charge on any atom is 0.248 e. The van der Waals surface area contributed by atoms with Crippen molar-refractivity contribution >= 4 is 5.65 Å². The molecule has 5 heteroatoms. The molecular formula is C13H10FN3O. The summed E-state index contributed by atoms with van der Waals surface area (Å²) in [4.78, 5) is 18.3. The minimum absolute atomic E-state index is 0.147. The molecule has 3 aromatic rings. The van der Waals surface area contributed by atoms with E-state index in [1.165, 1.54) is 18.3 Å². The van der Waals surface area contributed by atoms with Crippen LogP contribution in [0.25, 0.3) is 16.9 Å². The third-order valence-electron chi connectivity index (χ3n) is 2.81. The first-order valence-corrected chi connectivity index (χ1v) is 5.48. The van der Waals surface area contributed by atoms with Gasteiger partial charge in [-0.25, -0.2) is 9.37 Å². The van der Waals surface area contributed by atoms with Crippen molar-refractivity contribution in [2.45, 2.75) is 6.92 Å². The molecule has 0 spiro atoms. The standard InChI is InChI=1S/C13H10FN3O/c1-8-10(3-5-13(18)15-8)11-7-17-6-9(14)2-4-12(17)16-11/h2-7H,1H3,(H,15,18). The van der Waals surface area contributed by atoms with E-state index in [2.05, 4.69) is 9.97 Å². The first-order valence-electron chi connectivity index (χ1n) is 5.48. The molecule has 0 aliphatic heterocycles. The van der Waals surface area contributed by atoms with E-state index >= 15 is 0 Å². The fourth-order valence-electron chi connectivity index (χ4n) is 1.95. The molecule has 0 saturated carbocycles.